The molecule has 0 atom stereocenters. The van der Waals surface area contributed by atoms with Crippen LogP contribution < -0.4 is 5.32 Å². The van der Waals surface area contributed by atoms with E-state index < -0.39 is 5.97 Å². The highest BCUT2D eigenvalue weighted by molar-refractivity contribution is 5.93. The molecular formula is C8H13NO3. The number of nitrogens with one attached hydrogen (secondary N) is 1. The van der Waals surface area contributed by atoms with Crippen molar-refractivity contribution >= 4 is 11.9 Å². The van der Waals surface area contributed by atoms with Crippen LogP contribution in [0.15, 0.2) is 12.2 Å². The minimum atomic E-state index is -1.11. The van der Waals surface area contributed by atoms with Crippen molar-refractivity contribution in [1.82, 2.24) is 5.32 Å². The van der Waals surface area contributed by atoms with Gasteiger partial charge in [-0.1, -0.05) is 13.3 Å². The van der Waals surface area contributed by atoms with Crippen molar-refractivity contribution in [2.24, 2.45) is 0 Å². The third kappa shape index (κ3) is 6.80. The van der Waals surface area contributed by atoms with Crippen molar-refractivity contribution in [3.63, 3.8) is 0 Å². The molecule has 0 saturated heterocycles. The van der Waals surface area contributed by atoms with Gasteiger partial charge in [0.25, 0.3) is 0 Å². The van der Waals surface area contributed by atoms with Gasteiger partial charge in [0.05, 0.1) is 0 Å². The lowest BCUT2D eigenvalue weighted by Gasteiger charge is -1.97. The molecule has 0 aromatic rings. The number of amides is 1. The number of carbonyl (C=O) groups excluding carboxylic acids is 1. The maximum absolute atomic E-state index is 10.8. The van der Waals surface area contributed by atoms with Crippen molar-refractivity contribution in [3.05, 3.63) is 12.2 Å². The van der Waals surface area contributed by atoms with Gasteiger partial charge in [0.1, 0.15) is 0 Å². The minimum absolute atomic E-state index is 0.356. The van der Waals surface area contributed by atoms with Crippen molar-refractivity contribution < 1.29 is 14.7 Å². The molecule has 2 N–H and O–H groups in total. The Morgan fingerprint density at radius 1 is 1.42 bits per heavy atom. The van der Waals surface area contributed by atoms with Crippen LogP contribution in [-0.4, -0.2) is 23.5 Å². The summed E-state index contributed by atoms with van der Waals surface area (Å²) in [6, 6.07) is 0. The molecule has 0 rings (SSSR count). The van der Waals surface area contributed by atoms with E-state index in [2.05, 4.69) is 5.32 Å². The van der Waals surface area contributed by atoms with Crippen LogP contribution in [0, 0.1) is 0 Å². The van der Waals surface area contributed by atoms with E-state index in [4.69, 9.17) is 5.11 Å². The predicted octanol–water partition coefficient (Wildman–Crippen LogP) is 0.544. The van der Waals surface area contributed by atoms with Crippen LogP contribution in [0.5, 0.6) is 0 Å². The van der Waals surface area contributed by atoms with Crippen molar-refractivity contribution in [2.45, 2.75) is 19.8 Å². The Bertz CT molecular complexity index is 187. The molecule has 4 nitrogen and oxygen atoms in total. The molecule has 0 aromatic heterocycles. The van der Waals surface area contributed by atoms with Gasteiger partial charge in [-0.25, -0.2) is 4.79 Å². The molecular weight excluding hydrogens is 158 g/mol. The summed E-state index contributed by atoms with van der Waals surface area (Å²) in [7, 11) is 0. The highest BCUT2D eigenvalue weighted by Gasteiger charge is 1.94. The predicted molar refractivity (Wildman–Crippen MR) is 44.7 cm³/mol. The number of carbonyl (C=O) groups is 2. The number of hydrogen-bond donors (Lipinski definition) is 2. The maximum Gasteiger partial charge on any atom is 0.328 e. The summed E-state index contributed by atoms with van der Waals surface area (Å²) in [6.45, 7) is 2.61. The van der Waals surface area contributed by atoms with Crippen LogP contribution in [0.4, 0.5) is 0 Å². The molecule has 4 heteroatoms. The van der Waals surface area contributed by atoms with Crippen LogP contribution in [-0.2, 0) is 9.59 Å². The van der Waals surface area contributed by atoms with Gasteiger partial charge in [-0.05, 0) is 6.42 Å². The van der Waals surface area contributed by atoms with Gasteiger partial charge >= 0.3 is 5.97 Å². The third-order valence-electron chi connectivity index (χ3n) is 1.21. The molecule has 0 saturated carbocycles. The van der Waals surface area contributed by atoms with Crippen molar-refractivity contribution in [2.75, 3.05) is 6.54 Å². The lowest BCUT2D eigenvalue weighted by atomic mass is 10.3. The van der Waals surface area contributed by atoms with Crippen molar-refractivity contribution in [1.29, 1.82) is 0 Å². The van der Waals surface area contributed by atoms with E-state index in [0.29, 0.717) is 6.54 Å². The van der Waals surface area contributed by atoms with E-state index in [0.717, 1.165) is 25.0 Å². The molecule has 12 heavy (non-hydrogen) atoms. The summed E-state index contributed by atoms with van der Waals surface area (Å²) in [5.74, 6) is -1.47. The van der Waals surface area contributed by atoms with E-state index in [1.54, 1.807) is 0 Å². The summed E-state index contributed by atoms with van der Waals surface area (Å²) in [6.07, 6.45) is 3.74. The van der Waals surface area contributed by atoms with Crippen LogP contribution in [0.2, 0.25) is 0 Å². The topological polar surface area (TPSA) is 66.4 Å². The molecule has 1 amide bonds. The third-order valence-corrected chi connectivity index (χ3v) is 1.21. The van der Waals surface area contributed by atoms with Gasteiger partial charge in [0.15, 0.2) is 0 Å². The van der Waals surface area contributed by atoms with Gasteiger partial charge < -0.3 is 10.4 Å². The zero-order valence-corrected chi connectivity index (χ0v) is 7.04. The first-order chi connectivity index (χ1) is 5.66. The van der Waals surface area contributed by atoms with Crippen LogP contribution >= 0.6 is 0 Å². The fourth-order valence-corrected chi connectivity index (χ4v) is 0.594. The second-order valence-electron chi connectivity index (χ2n) is 2.32. The second kappa shape index (κ2) is 6.39. The second-order valence-corrected chi connectivity index (χ2v) is 2.32. The highest BCUT2D eigenvalue weighted by atomic mass is 16.4. The Kier molecular flexibility index (Phi) is 5.69. The first-order valence-electron chi connectivity index (χ1n) is 3.85. The summed E-state index contributed by atoms with van der Waals surface area (Å²) in [5.41, 5.74) is 0. The standard InChI is InChI=1S/C8H13NO3/c1-2-3-6-9-7(10)4-5-8(11)12/h4-5H,2-3,6H2,1H3,(H,9,10)(H,11,12)/b5-4+. The van der Waals surface area contributed by atoms with Gasteiger partial charge in [0, 0.05) is 18.7 Å². The van der Waals surface area contributed by atoms with Crippen molar-refractivity contribution in [3.8, 4) is 0 Å². The molecule has 0 heterocycles. The number of aliphatic carboxylic acids is 1. The molecule has 0 bridgehead atoms. The first-order valence-corrected chi connectivity index (χ1v) is 3.85. The van der Waals surface area contributed by atoms with Gasteiger partial charge in [0.2, 0.25) is 5.91 Å². The van der Waals surface area contributed by atoms with Gasteiger partial charge in [-0.3, -0.25) is 4.79 Å². The molecule has 0 aliphatic heterocycles. The lowest BCUT2D eigenvalue weighted by molar-refractivity contribution is -0.131. The van der Waals surface area contributed by atoms with Crippen LogP contribution in [0.25, 0.3) is 0 Å². The summed E-state index contributed by atoms with van der Waals surface area (Å²) in [5, 5.41) is 10.7. The summed E-state index contributed by atoms with van der Waals surface area (Å²) >= 11 is 0. The Labute approximate surface area is 71.3 Å². The zero-order chi connectivity index (χ0) is 9.40. The van der Waals surface area contributed by atoms with Gasteiger partial charge in [-0.2, -0.15) is 0 Å². The molecule has 68 valence electrons. The normalized spacial score (nSPS) is 10.1. The van der Waals surface area contributed by atoms with E-state index in [-0.39, 0.29) is 5.91 Å². The van der Waals surface area contributed by atoms with Gasteiger partial charge in [-0.15, -0.1) is 0 Å². The summed E-state index contributed by atoms with van der Waals surface area (Å²) in [4.78, 5) is 20.7. The smallest absolute Gasteiger partial charge is 0.328 e. The largest absolute Gasteiger partial charge is 0.478 e. The van der Waals surface area contributed by atoms with E-state index >= 15 is 0 Å². The number of unbranched alkanes of at least 4 members (excludes halogenated alkanes) is 1. The quantitative estimate of drug-likeness (QED) is 0.468. The molecule has 0 spiro atoms. The zero-order valence-electron chi connectivity index (χ0n) is 7.04. The summed E-state index contributed by atoms with van der Waals surface area (Å²) < 4.78 is 0. The van der Waals surface area contributed by atoms with Crippen LogP contribution in [0.3, 0.4) is 0 Å². The molecule has 0 radical (unpaired) electrons. The molecule has 0 unspecified atom stereocenters. The van der Waals surface area contributed by atoms with E-state index in [1.807, 2.05) is 6.92 Å². The Hall–Kier alpha value is -1.32. The average molecular weight is 171 g/mol. The molecule has 0 aromatic carbocycles. The minimum Gasteiger partial charge on any atom is -0.478 e. The SMILES string of the molecule is CCCCNC(=O)/C=C/C(=O)O. The van der Waals surface area contributed by atoms with E-state index in [1.165, 1.54) is 0 Å². The maximum atomic E-state index is 10.8. The number of hydrogen-bond acceptors (Lipinski definition) is 2. The molecule has 0 fully saturated rings. The average Bonchev–Trinajstić information content (AvgIpc) is 2.01. The number of rotatable bonds is 5. The highest BCUT2D eigenvalue weighted by Crippen LogP contribution is 1.82. The Balaban J connectivity index is 3.53. The Morgan fingerprint density at radius 3 is 2.58 bits per heavy atom. The van der Waals surface area contributed by atoms with Crippen LogP contribution in [0.1, 0.15) is 19.8 Å². The molecule has 0 aliphatic carbocycles. The van der Waals surface area contributed by atoms with E-state index in [9.17, 15) is 9.59 Å². The molecule has 0 aliphatic rings. The number of carboxylic acids is 1. The first kappa shape index (κ1) is 10.7. The fourth-order valence-electron chi connectivity index (χ4n) is 0.594. The number of carboxylic acid groups (broad SMARTS) is 1. The lowest BCUT2D eigenvalue weighted by Crippen LogP contribution is -2.22. The monoisotopic (exact) mass is 171 g/mol. The Morgan fingerprint density at radius 2 is 2.08 bits per heavy atom. The fraction of sp³-hybridized carbons (Fsp3) is 0.500.